The van der Waals surface area contributed by atoms with Crippen molar-refractivity contribution in [3.05, 3.63) is 0 Å². The number of rotatable bonds is 5. The molecule has 0 aromatic heterocycles. The number of sulfonamides is 1. The van der Waals surface area contributed by atoms with Gasteiger partial charge in [-0.25, -0.2) is 12.7 Å². The Labute approximate surface area is 186 Å². The van der Waals surface area contributed by atoms with Gasteiger partial charge in [0.2, 0.25) is 10.0 Å². The first-order chi connectivity index (χ1) is 13.0. The molecule has 3 aliphatic heterocycles. The Kier molecular flexibility index (Phi) is 9.71. The molecule has 28 heavy (non-hydrogen) atoms. The van der Waals surface area contributed by atoms with Crippen LogP contribution in [-0.4, -0.2) is 94.5 Å². The quantitative estimate of drug-likeness (QED) is 0.326. The van der Waals surface area contributed by atoms with Crippen molar-refractivity contribution in [1.82, 2.24) is 14.5 Å². The third-order valence-electron chi connectivity index (χ3n) is 5.65. The van der Waals surface area contributed by atoms with Gasteiger partial charge in [-0.3, -0.25) is 4.99 Å². The third-order valence-corrected chi connectivity index (χ3v) is 6.95. The van der Waals surface area contributed by atoms with E-state index in [0.29, 0.717) is 25.6 Å². The van der Waals surface area contributed by atoms with Crippen LogP contribution in [0.15, 0.2) is 4.99 Å². The first-order valence-electron chi connectivity index (χ1n) is 10.2. The smallest absolute Gasteiger partial charge is 0.211 e. The molecule has 0 aromatic carbocycles. The second kappa shape index (κ2) is 11.3. The second-order valence-corrected chi connectivity index (χ2v) is 9.69. The highest BCUT2D eigenvalue weighted by Gasteiger charge is 2.32. The van der Waals surface area contributed by atoms with Crippen LogP contribution in [0.4, 0.5) is 0 Å². The van der Waals surface area contributed by atoms with Crippen molar-refractivity contribution in [2.45, 2.75) is 44.8 Å². The highest BCUT2D eigenvalue weighted by atomic mass is 127. The van der Waals surface area contributed by atoms with E-state index in [1.807, 2.05) is 0 Å². The van der Waals surface area contributed by atoms with E-state index in [9.17, 15) is 8.42 Å². The Bertz CT molecular complexity index is 605. The van der Waals surface area contributed by atoms with E-state index < -0.39 is 10.0 Å². The summed E-state index contributed by atoms with van der Waals surface area (Å²) < 4.78 is 36.6. The summed E-state index contributed by atoms with van der Waals surface area (Å²) in [4.78, 5) is 7.16. The zero-order valence-corrected chi connectivity index (χ0v) is 20.2. The fourth-order valence-electron chi connectivity index (χ4n) is 4.05. The lowest BCUT2D eigenvalue weighted by Gasteiger charge is -2.37. The average Bonchev–Trinajstić information content (AvgIpc) is 3.20. The van der Waals surface area contributed by atoms with Crippen LogP contribution in [0.2, 0.25) is 0 Å². The second-order valence-electron chi connectivity index (χ2n) is 7.71. The van der Waals surface area contributed by atoms with E-state index in [2.05, 4.69) is 17.1 Å². The largest absolute Gasteiger partial charge is 0.375 e. The summed E-state index contributed by atoms with van der Waals surface area (Å²) >= 11 is 0. The zero-order chi connectivity index (χ0) is 19.3. The maximum Gasteiger partial charge on any atom is 0.211 e. The SMILES string of the molecule is CCNC(=NCC1CCN(S(C)(=O)=O)CC1)N1CCOC(C2CCCO2)C1.I. The molecule has 8 nitrogen and oxygen atoms in total. The van der Waals surface area contributed by atoms with Crippen molar-refractivity contribution in [2.24, 2.45) is 10.9 Å². The molecule has 3 heterocycles. The molecular weight excluding hydrogens is 495 g/mol. The van der Waals surface area contributed by atoms with Gasteiger partial charge in [0.05, 0.1) is 19.0 Å². The summed E-state index contributed by atoms with van der Waals surface area (Å²) in [6, 6.07) is 0. The van der Waals surface area contributed by atoms with E-state index in [1.165, 1.54) is 6.26 Å². The minimum atomic E-state index is -3.07. The minimum Gasteiger partial charge on any atom is -0.375 e. The zero-order valence-electron chi connectivity index (χ0n) is 17.0. The minimum absolute atomic E-state index is 0. The molecule has 0 radical (unpaired) electrons. The van der Waals surface area contributed by atoms with E-state index in [-0.39, 0.29) is 36.2 Å². The predicted molar refractivity (Wildman–Crippen MR) is 121 cm³/mol. The van der Waals surface area contributed by atoms with E-state index in [4.69, 9.17) is 14.5 Å². The van der Waals surface area contributed by atoms with Crippen LogP contribution in [-0.2, 0) is 19.5 Å². The Hall–Kier alpha value is -0.170. The Morgan fingerprint density at radius 3 is 2.43 bits per heavy atom. The van der Waals surface area contributed by atoms with Gasteiger partial charge in [0.25, 0.3) is 0 Å². The number of nitrogens with zero attached hydrogens (tertiary/aromatic N) is 3. The lowest BCUT2D eigenvalue weighted by Crippen LogP contribution is -2.53. The van der Waals surface area contributed by atoms with Gasteiger partial charge in [-0.05, 0) is 38.5 Å². The Balaban J connectivity index is 0.00000280. The molecule has 1 N–H and O–H groups in total. The first kappa shape index (κ1) is 24.1. The van der Waals surface area contributed by atoms with Crippen molar-refractivity contribution >= 4 is 40.0 Å². The Morgan fingerprint density at radius 1 is 1.11 bits per heavy atom. The highest BCUT2D eigenvalue weighted by molar-refractivity contribution is 14.0. The third kappa shape index (κ3) is 6.68. The molecule has 3 aliphatic rings. The lowest BCUT2D eigenvalue weighted by atomic mass is 9.98. The molecular formula is C18H35IN4O4S. The van der Waals surface area contributed by atoms with Gasteiger partial charge in [-0.2, -0.15) is 0 Å². The fraction of sp³-hybridized carbons (Fsp3) is 0.944. The van der Waals surface area contributed by atoms with Crippen molar-refractivity contribution in [3.63, 3.8) is 0 Å². The van der Waals surface area contributed by atoms with Gasteiger partial charge in [0, 0.05) is 45.9 Å². The summed E-state index contributed by atoms with van der Waals surface area (Å²) in [5.41, 5.74) is 0. The van der Waals surface area contributed by atoms with Crippen LogP contribution in [0.3, 0.4) is 0 Å². The van der Waals surface area contributed by atoms with E-state index in [0.717, 1.165) is 64.4 Å². The van der Waals surface area contributed by atoms with Crippen molar-refractivity contribution in [3.8, 4) is 0 Å². The molecule has 2 unspecified atom stereocenters. The van der Waals surface area contributed by atoms with Crippen LogP contribution >= 0.6 is 24.0 Å². The number of piperidine rings is 1. The lowest BCUT2D eigenvalue weighted by molar-refractivity contribution is -0.0817. The molecule has 3 fully saturated rings. The van der Waals surface area contributed by atoms with Crippen molar-refractivity contribution in [2.75, 3.05) is 58.7 Å². The first-order valence-corrected chi connectivity index (χ1v) is 12.0. The van der Waals surface area contributed by atoms with Gasteiger partial charge in [0.1, 0.15) is 6.10 Å². The molecule has 164 valence electrons. The molecule has 2 atom stereocenters. The van der Waals surface area contributed by atoms with Crippen molar-refractivity contribution in [1.29, 1.82) is 0 Å². The summed E-state index contributed by atoms with van der Waals surface area (Å²) in [7, 11) is -3.07. The molecule has 0 spiro atoms. The number of morpholine rings is 1. The maximum atomic E-state index is 11.7. The number of guanidine groups is 1. The van der Waals surface area contributed by atoms with Gasteiger partial charge in [-0.15, -0.1) is 24.0 Å². The van der Waals surface area contributed by atoms with Crippen LogP contribution in [0.1, 0.15) is 32.6 Å². The van der Waals surface area contributed by atoms with Crippen LogP contribution < -0.4 is 5.32 Å². The molecule has 0 saturated carbocycles. The Morgan fingerprint density at radius 2 is 1.82 bits per heavy atom. The van der Waals surface area contributed by atoms with Gasteiger partial charge >= 0.3 is 0 Å². The van der Waals surface area contributed by atoms with Crippen LogP contribution in [0.25, 0.3) is 0 Å². The molecule has 3 saturated heterocycles. The monoisotopic (exact) mass is 530 g/mol. The number of aliphatic imine (C=N–C) groups is 1. The number of hydrogen-bond acceptors (Lipinski definition) is 5. The topological polar surface area (TPSA) is 83.5 Å². The number of ether oxygens (including phenoxy) is 2. The molecule has 0 amide bonds. The molecule has 0 aliphatic carbocycles. The standard InChI is InChI=1S/C18H34N4O4S.HI/c1-3-19-18(20-13-15-6-8-22(9-7-15)27(2,23)24)21-10-12-26-17(14-21)16-5-4-11-25-16;/h15-17H,3-14H2,1-2H3,(H,19,20);1H. The summed E-state index contributed by atoms with van der Waals surface area (Å²) in [6.45, 7) is 8.03. The summed E-state index contributed by atoms with van der Waals surface area (Å²) in [5, 5.41) is 3.41. The van der Waals surface area contributed by atoms with Gasteiger partial charge in [0.15, 0.2) is 5.96 Å². The molecule has 3 rings (SSSR count). The van der Waals surface area contributed by atoms with E-state index in [1.54, 1.807) is 4.31 Å². The number of hydrogen-bond donors (Lipinski definition) is 1. The van der Waals surface area contributed by atoms with Gasteiger partial charge < -0.3 is 19.7 Å². The van der Waals surface area contributed by atoms with Gasteiger partial charge in [-0.1, -0.05) is 0 Å². The maximum absolute atomic E-state index is 11.7. The fourth-order valence-corrected chi connectivity index (χ4v) is 4.93. The molecule has 0 bridgehead atoms. The van der Waals surface area contributed by atoms with E-state index >= 15 is 0 Å². The summed E-state index contributed by atoms with van der Waals surface area (Å²) in [5.74, 6) is 1.38. The normalized spacial score (nSPS) is 28.2. The number of halogens is 1. The van der Waals surface area contributed by atoms with Crippen LogP contribution in [0, 0.1) is 5.92 Å². The predicted octanol–water partition coefficient (Wildman–Crippen LogP) is 1.12. The average molecular weight is 530 g/mol. The highest BCUT2D eigenvalue weighted by Crippen LogP contribution is 2.22. The molecule has 10 heteroatoms. The van der Waals surface area contributed by atoms with Crippen LogP contribution in [0.5, 0.6) is 0 Å². The molecule has 0 aromatic rings. The number of nitrogens with one attached hydrogen (secondary N) is 1. The van der Waals surface area contributed by atoms with Crippen molar-refractivity contribution < 1.29 is 17.9 Å². The summed E-state index contributed by atoms with van der Waals surface area (Å²) in [6.07, 6.45) is 5.54.